The summed E-state index contributed by atoms with van der Waals surface area (Å²) in [4.78, 5) is 2.51. The van der Waals surface area contributed by atoms with Gasteiger partial charge in [0.1, 0.15) is 0 Å². The molecule has 0 aromatic heterocycles. The first-order valence-corrected chi connectivity index (χ1v) is 22.3. The molecule has 0 bridgehead atoms. The molecule has 0 fully saturated rings. The van der Waals surface area contributed by atoms with E-state index in [-0.39, 0.29) is 4.49 Å². The van der Waals surface area contributed by atoms with E-state index in [0.29, 0.717) is 0 Å². The average molecular weight is 458 g/mol. The molecular weight excluding hydrogens is 457 g/mol. The van der Waals surface area contributed by atoms with Crippen molar-refractivity contribution >= 4 is 85.3 Å². The Balaban J connectivity index is 0. The molecule has 80 valence electrons. The first-order chi connectivity index (χ1) is 5.22. The molecule has 0 aromatic carbocycles. The van der Waals surface area contributed by atoms with Crippen molar-refractivity contribution in [1.29, 1.82) is 5.39 Å². The van der Waals surface area contributed by atoms with Gasteiger partial charge in [-0.25, -0.2) is 0 Å². The Bertz CT molecular complexity index is 224. The van der Waals surface area contributed by atoms with Crippen molar-refractivity contribution in [1.82, 2.24) is 0 Å². The first-order valence-electron chi connectivity index (χ1n) is 2.14. The summed E-state index contributed by atoms with van der Waals surface area (Å²) >= 11 is 9.90. The van der Waals surface area contributed by atoms with Gasteiger partial charge < -0.3 is 0 Å². The van der Waals surface area contributed by atoms with E-state index in [9.17, 15) is 0 Å². The molecular formula is C2HCl8N2Sb. The third kappa shape index (κ3) is 77.0. The minimum atomic E-state index is -5.42. The van der Waals surface area contributed by atoms with Gasteiger partial charge in [-0.15, -0.1) is 0 Å². The van der Waals surface area contributed by atoms with Crippen LogP contribution < -0.4 is 0 Å². The zero-order valence-corrected chi connectivity index (χ0v) is 14.0. The van der Waals surface area contributed by atoms with Crippen molar-refractivity contribution < 1.29 is 0 Å². The van der Waals surface area contributed by atoms with E-state index in [1.54, 1.807) is 0 Å². The van der Waals surface area contributed by atoms with Crippen LogP contribution in [0.25, 0.3) is 4.98 Å². The second-order valence-electron chi connectivity index (χ2n) is 1.49. The van der Waals surface area contributed by atoms with Crippen LogP contribution in [-0.2, 0) is 0 Å². The molecule has 0 radical (unpaired) electrons. The Morgan fingerprint density at radius 3 is 1.23 bits per heavy atom. The summed E-state index contributed by atoms with van der Waals surface area (Å²) in [6, 6.07) is 0. The van der Waals surface area contributed by atoms with Crippen molar-refractivity contribution in [2.45, 2.75) is 0 Å². The van der Waals surface area contributed by atoms with E-state index < -0.39 is 9.14 Å². The summed E-state index contributed by atoms with van der Waals surface area (Å²) in [6.45, 7) is 0. The number of nitrogens with zero attached hydrogens (tertiary/aromatic N) is 2. The van der Waals surface area contributed by atoms with E-state index in [1.165, 1.54) is 0 Å². The standard InChI is InChI=1S/C2HCl2N2.6ClH.Sb/c3-2(4)1-6-5;;;;;;;/h1H;6*1H;/q+1;;;;;;;+5/p-6. The second kappa shape index (κ2) is 5.09. The second-order valence-corrected chi connectivity index (χ2v) is 59.4. The van der Waals surface area contributed by atoms with Crippen LogP contribution in [0.2, 0.25) is 0 Å². The van der Waals surface area contributed by atoms with Gasteiger partial charge >= 0.3 is 68.3 Å². The van der Waals surface area contributed by atoms with Gasteiger partial charge in [0.15, 0.2) is 9.47 Å². The number of hydrogen-bond acceptors (Lipinski definition) is 1. The topological polar surface area (TPSA) is 28.1 Å². The van der Waals surface area contributed by atoms with Crippen LogP contribution >= 0.6 is 76.2 Å². The maximum atomic E-state index is 7.62. The van der Waals surface area contributed by atoms with Gasteiger partial charge in [-0.05, 0) is 0 Å². The Labute approximate surface area is 105 Å². The zero-order chi connectivity index (χ0) is 11.4. The van der Waals surface area contributed by atoms with E-state index in [4.69, 9.17) is 81.6 Å². The fraction of sp³-hybridized carbons (Fsp3) is 0. The molecule has 0 spiro atoms. The molecule has 2 nitrogen and oxygen atoms in total. The normalized spacial score (nSPS) is 15.3. The van der Waals surface area contributed by atoms with Gasteiger partial charge in [0.25, 0.3) is 0 Å². The van der Waals surface area contributed by atoms with Gasteiger partial charge in [-0.3, -0.25) is 0 Å². The summed E-state index contributed by atoms with van der Waals surface area (Å²) in [6.07, 6.45) is 0.920. The summed E-state index contributed by atoms with van der Waals surface area (Å²) < 4.78 is -0.0579. The molecule has 0 N–H and O–H groups in total. The van der Waals surface area contributed by atoms with Gasteiger partial charge in [-0.1, -0.05) is 23.2 Å². The Morgan fingerprint density at radius 1 is 1.00 bits per heavy atom. The number of hydrogen-bond donors (Lipinski definition) is 0. The molecule has 13 heavy (non-hydrogen) atoms. The predicted octanol–water partition coefficient (Wildman–Crippen LogP) is 5.87. The van der Waals surface area contributed by atoms with Crippen molar-refractivity contribution in [2.75, 3.05) is 0 Å². The molecule has 0 aliphatic heterocycles. The molecule has 0 atom stereocenters. The molecule has 0 rings (SSSR count). The van der Waals surface area contributed by atoms with Crippen LogP contribution in [-0.4, -0.2) is 9.14 Å². The SMILES string of the molecule is N#[N+]C=C(Cl)Cl.[Cl][Sb-]([Cl])([Cl])([Cl])([Cl])[Cl]. The third-order valence-corrected chi connectivity index (χ3v) is 0.351. The molecule has 0 saturated carbocycles. The molecule has 0 heterocycles. The summed E-state index contributed by atoms with van der Waals surface area (Å²) in [7, 11) is 25.0. The number of halogens is 8. The van der Waals surface area contributed by atoms with Crippen LogP contribution in [0.1, 0.15) is 0 Å². The summed E-state index contributed by atoms with van der Waals surface area (Å²) in [5.41, 5.74) is 0. The van der Waals surface area contributed by atoms with Crippen molar-refractivity contribution in [3.8, 4) is 0 Å². The first kappa shape index (κ1) is 17.7. The maximum absolute atomic E-state index is 7.62. The fourth-order valence-electron chi connectivity index (χ4n) is 0.0436. The Kier molecular flexibility index (Phi) is 6.92. The molecule has 0 aliphatic rings. The fourth-order valence-corrected chi connectivity index (χ4v) is 0.131. The molecule has 11 heteroatoms. The molecule has 0 aliphatic carbocycles. The van der Waals surface area contributed by atoms with Gasteiger partial charge in [0, 0.05) is 0 Å². The van der Waals surface area contributed by atoms with E-state index in [2.05, 4.69) is 4.98 Å². The Hall–Kier alpha value is 2.30. The van der Waals surface area contributed by atoms with Crippen molar-refractivity contribution in [3.63, 3.8) is 0 Å². The van der Waals surface area contributed by atoms with Crippen LogP contribution in [0.4, 0.5) is 0 Å². The van der Waals surface area contributed by atoms with E-state index in [1.807, 2.05) is 0 Å². The summed E-state index contributed by atoms with van der Waals surface area (Å²) in [5.74, 6) is 0. The Morgan fingerprint density at radius 2 is 1.23 bits per heavy atom. The van der Waals surface area contributed by atoms with Crippen LogP contribution in [0.5, 0.6) is 0 Å². The molecule has 0 amide bonds. The number of diazo groups is 1. The zero-order valence-electron chi connectivity index (χ0n) is 5.44. The van der Waals surface area contributed by atoms with E-state index >= 15 is 0 Å². The number of rotatable bonds is 0. The minimum absolute atomic E-state index is 0.0579. The summed E-state index contributed by atoms with van der Waals surface area (Å²) in [5, 5.41) is 7.62. The van der Waals surface area contributed by atoms with Crippen LogP contribution in [0, 0.1) is 5.39 Å². The predicted molar refractivity (Wildman–Crippen MR) is 65.7 cm³/mol. The quantitative estimate of drug-likeness (QED) is 0.330. The third-order valence-electron chi connectivity index (χ3n) is 0.155. The monoisotopic (exact) mass is 454 g/mol. The van der Waals surface area contributed by atoms with Crippen LogP contribution in [0.15, 0.2) is 10.7 Å². The molecule has 0 unspecified atom stereocenters. The van der Waals surface area contributed by atoms with Gasteiger partial charge in [0.2, 0.25) is 5.39 Å². The van der Waals surface area contributed by atoms with Crippen molar-refractivity contribution in [2.24, 2.45) is 0 Å². The molecule has 0 aromatic rings. The van der Waals surface area contributed by atoms with Crippen LogP contribution in [0.3, 0.4) is 0 Å². The average Bonchev–Trinajstić information content (AvgIpc) is 1.53. The van der Waals surface area contributed by atoms with Gasteiger partial charge in [-0.2, -0.15) is 0 Å². The van der Waals surface area contributed by atoms with E-state index in [0.717, 1.165) is 6.20 Å². The van der Waals surface area contributed by atoms with Gasteiger partial charge in [0.05, 0.1) is 0 Å². The van der Waals surface area contributed by atoms with Crippen molar-refractivity contribution in [3.05, 3.63) is 15.7 Å². The molecule has 0 saturated heterocycles.